The number of piperidine rings is 1. The zero-order valence-electron chi connectivity index (χ0n) is 18.8. The van der Waals surface area contributed by atoms with Crippen molar-refractivity contribution in [3.05, 3.63) is 48.2 Å². The van der Waals surface area contributed by atoms with Gasteiger partial charge in [-0.3, -0.25) is 24.4 Å². The van der Waals surface area contributed by atoms with Crippen LogP contribution in [0.4, 0.5) is 5.69 Å². The molecule has 0 spiro atoms. The smallest absolute Gasteiger partial charge is 0.262 e. The minimum Gasteiger partial charge on any atom is -0.491 e. The van der Waals surface area contributed by atoms with Crippen LogP contribution in [0.15, 0.2) is 42.5 Å². The lowest BCUT2D eigenvalue weighted by atomic mass is 9.93. The normalized spacial score (nSPS) is 16.1. The number of ether oxygens (including phenoxy) is 2. The summed E-state index contributed by atoms with van der Waals surface area (Å²) < 4.78 is 13.0. The zero-order chi connectivity index (χ0) is 23.5. The first-order chi connectivity index (χ1) is 15.8. The number of aryl methyl sites for hydroxylation is 1. The first-order valence-electron chi connectivity index (χ1n) is 10.8. The molecule has 0 aliphatic carbocycles. The number of imide groups is 1. The van der Waals surface area contributed by atoms with Crippen LogP contribution in [0.5, 0.6) is 11.5 Å². The van der Waals surface area contributed by atoms with Gasteiger partial charge in [-0.15, -0.1) is 0 Å². The molecule has 172 valence electrons. The van der Waals surface area contributed by atoms with E-state index in [1.807, 2.05) is 32.0 Å². The summed E-state index contributed by atoms with van der Waals surface area (Å²) in [4.78, 5) is 36.1. The molecular weight excluding hydrogens is 424 g/mol. The van der Waals surface area contributed by atoms with E-state index in [1.54, 1.807) is 36.0 Å². The summed E-state index contributed by atoms with van der Waals surface area (Å²) in [5, 5.41) is 10.5. The highest BCUT2D eigenvalue weighted by atomic mass is 16.5. The van der Waals surface area contributed by atoms with Gasteiger partial charge >= 0.3 is 0 Å². The van der Waals surface area contributed by atoms with E-state index in [0.29, 0.717) is 29.3 Å². The fourth-order valence-corrected chi connectivity index (χ4v) is 3.83. The molecule has 1 atom stereocenters. The van der Waals surface area contributed by atoms with Crippen LogP contribution in [0.2, 0.25) is 0 Å². The molecule has 0 radical (unpaired) electrons. The number of carbonyl (C=O) groups is 3. The van der Waals surface area contributed by atoms with Crippen LogP contribution < -0.4 is 20.1 Å². The van der Waals surface area contributed by atoms with Gasteiger partial charge in [0.15, 0.2) is 6.61 Å². The van der Waals surface area contributed by atoms with Crippen LogP contribution >= 0.6 is 0 Å². The molecule has 4 rings (SSSR count). The van der Waals surface area contributed by atoms with Crippen LogP contribution in [0, 0.1) is 0 Å². The van der Waals surface area contributed by atoms with Gasteiger partial charge in [0.1, 0.15) is 11.5 Å². The van der Waals surface area contributed by atoms with E-state index < -0.39 is 5.92 Å². The lowest BCUT2D eigenvalue weighted by Crippen LogP contribution is -2.39. The Morgan fingerprint density at radius 2 is 2.03 bits per heavy atom. The molecule has 2 aromatic carbocycles. The van der Waals surface area contributed by atoms with Gasteiger partial charge in [-0.1, -0.05) is 6.07 Å². The molecule has 1 unspecified atom stereocenters. The monoisotopic (exact) mass is 450 g/mol. The minimum atomic E-state index is -0.473. The van der Waals surface area contributed by atoms with Crippen molar-refractivity contribution >= 4 is 34.3 Å². The summed E-state index contributed by atoms with van der Waals surface area (Å²) in [7, 11) is 1.78. The topological polar surface area (TPSA) is 112 Å². The van der Waals surface area contributed by atoms with Crippen LogP contribution in [0.3, 0.4) is 0 Å². The molecule has 1 aromatic heterocycles. The first-order valence-corrected chi connectivity index (χ1v) is 10.8. The highest BCUT2D eigenvalue weighted by Gasteiger charge is 2.31. The van der Waals surface area contributed by atoms with E-state index in [-0.39, 0.29) is 36.9 Å². The molecule has 3 aromatic rings. The average molecular weight is 450 g/mol. The van der Waals surface area contributed by atoms with Gasteiger partial charge < -0.3 is 14.8 Å². The molecular formula is C24H26N4O5. The van der Waals surface area contributed by atoms with Crippen molar-refractivity contribution in [2.75, 3.05) is 11.9 Å². The summed E-state index contributed by atoms with van der Waals surface area (Å²) in [5.74, 6) is -0.175. The molecule has 1 fully saturated rings. The Labute approximate surface area is 191 Å². The second-order valence-corrected chi connectivity index (χ2v) is 8.22. The molecule has 1 saturated heterocycles. The van der Waals surface area contributed by atoms with E-state index in [0.717, 1.165) is 10.9 Å². The van der Waals surface area contributed by atoms with Crippen molar-refractivity contribution in [1.82, 2.24) is 15.1 Å². The molecule has 9 nitrogen and oxygen atoms in total. The maximum absolute atomic E-state index is 12.4. The SMILES string of the molecule is CC(C)Oc1cccc(NC(=O)COc2ccc3c(C4CCC(=O)NC4=O)nn(C)c3c2)c1. The molecule has 3 amide bonds. The molecule has 2 N–H and O–H groups in total. The van der Waals surface area contributed by atoms with Crippen molar-refractivity contribution in [2.45, 2.75) is 38.7 Å². The summed E-state index contributed by atoms with van der Waals surface area (Å²) in [5.41, 5.74) is 2.02. The van der Waals surface area contributed by atoms with Crippen molar-refractivity contribution in [3.8, 4) is 11.5 Å². The van der Waals surface area contributed by atoms with Gasteiger partial charge in [0.05, 0.1) is 23.2 Å². The number of nitrogens with one attached hydrogen (secondary N) is 2. The Bertz CT molecular complexity index is 1220. The van der Waals surface area contributed by atoms with E-state index >= 15 is 0 Å². The molecule has 0 bridgehead atoms. The maximum Gasteiger partial charge on any atom is 0.262 e. The number of hydrogen-bond donors (Lipinski definition) is 2. The highest BCUT2D eigenvalue weighted by molar-refractivity contribution is 6.02. The third-order valence-electron chi connectivity index (χ3n) is 5.28. The van der Waals surface area contributed by atoms with Crippen LogP contribution in [0.1, 0.15) is 38.3 Å². The quantitative estimate of drug-likeness (QED) is 0.536. The molecule has 9 heteroatoms. The number of rotatable bonds is 7. The summed E-state index contributed by atoms with van der Waals surface area (Å²) in [6, 6.07) is 12.5. The van der Waals surface area contributed by atoms with Gasteiger partial charge in [-0.05, 0) is 44.5 Å². The number of fused-ring (bicyclic) bond motifs is 1. The highest BCUT2D eigenvalue weighted by Crippen LogP contribution is 2.32. The van der Waals surface area contributed by atoms with Gasteiger partial charge in [-0.25, -0.2) is 0 Å². The third-order valence-corrected chi connectivity index (χ3v) is 5.28. The number of nitrogens with zero attached hydrogens (tertiary/aromatic N) is 2. The van der Waals surface area contributed by atoms with Crippen molar-refractivity contribution in [3.63, 3.8) is 0 Å². The number of aromatic nitrogens is 2. The second-order valence-electron chi connectivity index (χ2n) is 8.22. The molecule has 33 heavy (non-hydrogen) atoms. The molecule has 1 aliphatic rings. The van der Waals surface area contributed by atoms with E-state index in [1.165, 1.54) is 0 Å². The number of carbonyl (C=O) groups excluding carboxylic acids is 3. The summed E-state index contributed by atoms with van der Waals surface area (Å²) in [6.07, 6.45) is 0.757. The van der Waals surface area contributed by atoms with Gasteiger partial charge in [0, 0.05) is 36.7 Å². The van der Waals surface area contributed by atoms with Gasteiger partial charge in [-0.2, -0.15) is 5.10 Å². The standard InChI is InChI=1S/C24H26N4O5/c1-14(2)33-17-6-4-5-15(11-17)25-22(30)13-32-16-7-8-18-20(12-16)28(3)27-23(18)19-9-10-21(29)26-24(19)31/h4-8,11-12,14,19H,9-10,13H2,1-3H3,(H,25,30)(H,26,29,31). The minimum absolute atomic E-state index is 0.0386. The fourth-order valence-electron chi connectivity index (χ4n) is 3.83. The van der Waals surface area contributed by atoms with Crippen LogP contribution in [-0.4, -0.2) is 40.2 Å². The fraction of sp³-hybridized carbons (Fsp3) is 0.333. The third kappa shape index (κ3) is 5.14. The van der Waals surface area contributed by atoms with Crippen molar-refractivity contribution < 1.29 is 23.9 Å². The van der Waals surface area contributed by atoms with E-state index in [2.05, 4.69) is 15.7 Å². The Hall–Kier alpha value is -3.88. The predicted molar refractivity (Wildman–Crippen MR) is 122 cm³/mol. The largest absolute Gasteiger partial charge is 0.491 e. The number of benzene rings is 2. The van der Waals surface area contributed by atoms with Crippen LogP contribution in [0.25, 0.3) is 10.9 Å². The Morgan fingerprint density at radius 3 is 2.79 bits per heavy atom. The number of hydrogen-bond acceptors (Lipinski definition) is 6. The van der Waals surface area contributed by atoms with E-state index in [9.17, 15) is 14.4 Å². The second kappa shape index (κ2) is 9.32. The van der Waals surface area contributed by atoms with Crippen molar-refractivity contribution in [1.29, 1.82) is 0 Å². The van der Waals surface area contributed by atoms with Gasteiger partial charge in [0.2, 0.25) is 11.8 Å². The predicted octanol–water partition coefficient (Wildman–Crippen LogP) is 2.90. The zero-order valence-corrected chi connectivity index (χ0v) is 18.8. The van der Waals surface area contributed by atoms with Crippen LogP contribution in [-0.2, 0) is 21.4 Å². The Morgan fingerprint density at radius 1 is 1.21 bits per heavy atom. The van der Waals surface area contributed by atoms with Crippen molar-refractivity contribution in [2.24, 2.45) is 7.05 Å². The maximum atomic E-state index is 12.4. The Balaban J connectivity index is 1.42. The van der Waals surface area contributed by atoms with Gasteiger partial charge in [0.25, 0.3) is 5.91 Å². The summed E-state index contributed by atoms with van der Waals surface area (Å²) in [6.45, 7) is 3.70. The average Bonchev–Trinajstić information content (AvgIpc) is 3.08. The lowest BCUT2D eigenvalue weighted by Gasteiger charge is -2.19. The molecule has 0 saturated carbocycles. The Kier molecular flexibility index (Phi) is 6.30. The lowest BCUT2D eigenvalue weighted by molar-refractivity contribution is -0.134. The molecule has 1 aliphatic heterocycles. The first kappa shape index (κ1) is 22.3. The number of anilines is 1. The van der Waals surface area contributed by atoms with E-state index in [4.69, 9.17) is 9.47 Å². The number of amides is 3. The molecule has 2 heterocycles. The summed E-state index contributed by atoms with van der Waals surface area (Å²) >= 11 is 0.